The molecule has 0 unspecified atom stereocenters. The van der Waals surface area contributed by atoms with E-state index in [0.717, 1.165) is 22.3 Å². The van der Waals surface area contributed by atoms with E-state index < -0.39 is 0 Å². The number of carbonyl (C=O) groups is 1. The summed E-state index contributed by atoms with van der Waals surface area (Å²) in [6.45, 7) is 2.49. The number of phenolic OH excluding ortho intramolecular Hbond substituents is 1. The molecule has 1 aliphatic heterocycles. The highest BCUT2D eigenvalue weighted by atomic mass is 32.2. The molecule has 4 aromatic rings. The summed E-state index contributed by atoms with van der Waals surface area (Å²) >= 11 is 1.23. The predicted molar refractivity (Wildman–Crippen MR) is 151 cm³/mol. The number of benzene rings is 3. The van der Waals surface area contributed by atoms with Crippen molar-refractivity contribution in [2.24, 2.45) is 10.2 Å². The fraction of sp³-hybridized carbons (Fsp3) is 0.100. The highest BCUT2D eigenvalue weighted by Gasteiger charge is 2.34. The molecule has 0 saturated carbocycles. The summed E-state index contributed by atoms with van der Waals surface area (Å²) in [7, 11) is 0. The maximum Gasteiger partial charge on any atom is 0.267 e. The van der Waals surface area contributed by atoms with E-state index in [0.29, 0.717) is 28.2 Å². The average Bonchev–Trinajstić information content (AvgIpc) is 3.56. The van der Waals surface area contributed by atoms with Gasteiger partial charge in [0.1, 0.15) is 5.76 Å². The van der Waals surface area contributed by atoms with Gasteiger partial charge in [-0.05, 0) is 71.3 Å². The smallest absolute Gasteiger partial charge is 0.267 e. The molecule has 38 heavy (non-hydrogen) atoms. The SMILES string of the molecule is CCOc1cc(/C=C2\S/C(=N\N=C\c3ccc(-c4ccccc4)cc3)N(Cc3ccco3)C2=O)ccc1O. The molecule has 2 heterocycles. The van der Waals surface area contributed by atoms with Crippen LogP contribution in [-0.4, -0.2) is 33.9 Å². The second kappa shape index (κ2) is 11.7. The van der Waals surface area contributed by atoms with E-state index >= 15 is 0 Å². The van der Waals surface area contributed by atoms with Gasteiger partial charge in [-0.2, -0.15) is 5.10 Å². The monoisotopic (exact) mass is 523 g/mol. The number of furan rings is 1. The fourth-order valence-corrected chi connectivity index (χ4v) is 4.80. The van der Waals surface area contributed by atoms with Crippen LogP contribution in [0.25, 0.3) is 17.2 Å². The Hall–Kier alpha value is -4.56. The van der Waals surface area contributed by atoms with Crippen LogP contribution in [0.5, 0.6) is 11.5 Å². The molecule has 7 nitrogen and oxygen atoms in total. The quantitative estimate of drug-likeness (QED) is 0.161. The van der Waals surface area contributed by atoms with Gasteiger partial charge < -0.3 is 14.3 Å². The Bertz CT molecular complexity index is 1490. The lowest BCUT2D eigenvalue weighted by Gasteiger charge is -2.12. The molecular formula is C30H25N3O4S. The van der Waals surface area contributed by atoms with Crippen molar-refractivity contribution in [2.75, 3.05) is 6.61 Å². The van der Waals surface area contributed by atoms with Crippen LogP contribution in [0.4, 0.5) is 0 Å². The van der Waals surface area contributed by atoms with Crippen LogP contribution in [-0.2, 0) is 11.3 Å². The standard InChI is InChI=1S/C30H25N3O4S/c1-2-36-27-17-22(12-15-26(27)34)18-28-29(35)33(20-25-9-6-16-37-25)30(38-28)32-31-19-21-10-13-24(14-11-21)23-7-4-3-5-8-23/h3-19,34H,2,20H2,1H3/b28-18-,31-19+,32-30-. The van der Waals surface area contributed by atoms with Crippen molar-refractivity contribution < 1.29 is 19.1 Å². The number of hydrogen-bond donors (Lipinski definition) is 1. The van der Waals surface area contributed by atoms with E-state index in [1.165, 1.54) is 16.7 Å². The Morgan fingerprint density at radius 3 is 2.47 bits per heavy atom. The number of phenols is 1. The Labute approximate surface area is 224 Å². The molecule has 5 rings (SSSR count). The molecule has 1 N–H and O–H groups in total. The summed E-state index contributed by atoms with van der Waals surface area (Å²) in [6.07, 6.45) is 4.98. The highest BCUT2D eigenvalue weighted by molar-refractivity contribution is 8.18. The van der Waals surface area contributed by atoms with E-state index in [1.807, 2.05) is 55.5 Å². The van der Waals surface area contributed by atoms with Gasteiger partial charge in [-0.1, -0.05) is 60.7 Å². The largest absolute Gasteiger partial charge is 0.504 e. The summed E-state index contributed by atoms with van der Waals surface area (Å²) in [5, 5.41) is 19.1. The van der Waals surface area contributed by atoms with Crippen molar-refractivity contribution in [2.45, 2.75) is 13.5 Å². The number of amides is 1. The van der Waals surface area contributed by atoms with E-state index in [9.17, 15) is 9.90 Å². The normalized spacial score (nSPS) is 15.7. The molecule has 8 heteroatoms. The van der Waals surface area contributed by atoms with Crippen LogP contribution in [0.1, 0.15) is 23.8 Å². The third-order valence-electron chi connectivity index (χ3n) is 5.73. The van der Waals surface area contributed by atoms with Crippen molar-refractivity contribution in [3.8, 4) is 22.6 Å². The first-order valence-corrected chi connectivity index (χ1v) is 12.9. The molecule has 3 aromatic carbocycles. The first kappa shape index (κ1) is 25.1. The van der Waals surface area contributed by atoms with Gasteiger partial charge in [0.2, 0.25) is 0 Å². The molecule has 0 atom stereocenters. The molecule has 0 bridgehead atoms. The van der Waals surface area contributed by atoms with Crippen molar-refractivity contribution in [1.82, 2.24) is 4.90 Å². The van der Waals surface area contributed by atoms with Gasteiger partial charge in [0, 0.05) is 0 Å². The zero-order chi connectivity index (χ0) is 26.3. The molecule has 1 fully saturated rings. The van der Waals surface area contributed by atoms with Gasteiger partial charge in [-0.3, -0.25) is 9.69 Å². The summed E-state index contributed by atoms with van der Waals surface area (Å²) in [6, 6.07) is 26.7. The molecule has 1 aromatic heterocycles. The number of hydrogen-bond acceptors (Lipinski definition) is 7. The van der Waals surface area contributed by atoms with E-state index in [-0.39, 0.29) is 18.2 Å². The van der Waals surface area contributed by atoms with Crippen LogP contribution in [0.3, 0.4) is 0 Å². The molecular weight excluding hydrogens is 498 g/mol. The number of carbonyl (C=O) groups excluding carboxylic acids is 1. The summed E-state index contributed by atoms with van der Waals surface area (Å²) in [5.41, 5.74) is 3.88. The second-order valence-corrected chi connectivity index (χ2v) is 9.37. The topological polar surface area (TPSA) is 87.6 Å². The Balaban J connectivity index is 1.38. The summed E-state index contributed by atoms with van der Waals surface area (Å²) in [4.78, 5) is 15.3. The maximum atomic E-state index is 13.3. The molecule has 1 saturated heterocycles. The lowest BCUT2D eigenvalue weighted by atomic mass is 10.0. The first-order valence-electron chi connectivity index (χ1n) is 12.1. The van der Waals surface area contributed by atoms with E-state index in [2.05, 4.69) is 22.3 Å². The number of thioether (sulfide) groups is 1. The van der Waals surface area contributed by atoms with E-state index in [1.54, 1.807) is 42.8 Å². The first-order chi connectivity index (χ1) is 18.6. The summed E-state index contributed by atoms with van der Waals surface area (Å²) in [5.74, 6) is 0.837. The van der Waals surface area contributed by atoms with Crippen molar-refractivity contribution >= 4 is 35.1 Å². The zero-order valence-corrected chi connectivity index (χ0v) is 21.5. The zero-order valence-electron chi connectivity index (χ0n) is 20.7. The highest BCUT2D eigenvalue weighted by Crippen LogP contribution is 2.35. The maximum absolute atomic E-state index is 13.3. The minimum Gasteiger partial charge on any atom is -0.504 e. The predicted octanol–water partition coefficient (Wildman–Crippen LogP) is 6.56. The lowest BCUT2D eigenvalue weighted by Crippen LogP contribution is -2.28. The molecule has 1 aliphatic rings. The van der Waals surface area contributed by atoms with Crippen LogP contribution in [0.15, 0.2) is 111 Å². The Morgan fingerprint density at radius 2 is 1.74 bits per heavy atom. The van der Waals surface area contributed by atoms with Crippen LogP contribution >= 0.6 is 11.8 Å². The number of rotatable bonds is 8. The lowest BCUT2D eigenvalue weighted by molar-refractivity contribution is -0.122. The fourth-order valence-electron chi connectivity index (χ4n) is 3.86. The number of amidine groups is 1. The minimum absolute atomic E-state index is 0.0484. The van der Waals surface area contributed by atoms with Crippen LogP contribution in [0, 0.1) is 0 Å². The van der Waals surface area contributed by atoms with Crippen LogP contribution in [0.2, 0.25) is 0 Å². The van der Waals surface area contributed by atoms with Gasteiger partial charge in [0.25, 0.3) is 5.91 Å². The third-order valence-corrected chi connectivity index (χ3v) is 6.73. The third kappa shape index (κ3) is 5.87. The van der Waals surface area contributed by atoms with Gasteiger partial charge in [0.15, 0.2) is 16.7 Å². The van der Waals surface area contributed by atoms with E-state index in [4.69, 9.17) is 9.15 Å². The molecule has 190 valence electrons. The Kier molecular flexibility index (Phi) is 7.70. The molecule has 1 amide bonds. The van der Waals surface area contributed by atoms with Gasteiger partial charge in [-0.15, -0.1) is 5.10 Å². The van der Waals surface area contributed by atoms with Gasteiger partial charge >= 0.3 is 0 Å². The Morgan fingerprint density at radius 1 is 0.974 bits per heavy atom. The molecule has 0 radical (unpaired) electrons. The van der Waals surface area contributed by atoms with Gasteiger partial charge in [-0.25, -0.2) is 0 Å². The minimum atomic E-state index is -0.210. The van der Waals surface area contributed by atoms with Crippen molar-refractivity contribution in [3.05, 3.63) is 113 Å². The van der Waals surface area contributed by atoms with Gasteiger partial charge in [0.05, 0.1) is 30.5 Å². The van der Waals surface area contributed by atoms with Crippen LogP contribution < -0.4 is 4.74 Å². The van der Waals surface area contributed by atoms with Crippen molar-refractivity contribution in [1.29, 1.82) is 0 Å². The number of ether oxygens (including phenoxy) is 1. The molecule has 0 aliphatic carbocycles. The second-order valence-electron chi connectivity index (χ2n) is 8.36. The summed E-state index contributed by atoms with van der Waals surface area (Å²) < 4.78 is 10.9. The molecule has 0 spiro atoms. The average molecular weight is 524 g/mol. The number of aromatic hydroxyl groups is 1. The van der Waals surface area contributed by atoms with Crippen molar-refractivity contribution in [3.63, 3.8) is 0 Å². The number of nitrogens with zero attached hydrogens (tertiary/aromatic N) is 3.